The molecule has 2 aromatic rings. The van der Waals surface area contributed by atoms with Crippen LogP contribution in [0, 0.1) is 13.8 Å². The number of anilines is 1. The molecular formula is C14H16N2O3S. The monoisotopic (exact) mass is 292 g/mol. The molecular weight excluding hydrogens is 276 g/mol. The third-order valence-electron chi connectivity index (χ3n) is 2.88. The lowest BCUT2D eigenvalue weighted by Crippen LogP contribution is -2.13. The van der Waals surface area contributed by atoms with Gasteiger partial charge in [-0.2, -0.15) is 0 Å². The number of amides is 1. The minimum Gasteiger partial charge on any atom is -0.493 e. The highest BCUT2D eigenvalue weighted by atomic mass is 32.1. The highest BCUT2D eigenvalue weighted by Gasteiger charge is 2.17. The van der Waals surface area contributed by atoms with E-state index in [1.54, 1.807) is 32.5 Å². The molecule has 0 aliphatic heterocycles. The summed E-state index contributed by atoms with van der Waals surface area (Å²) in [5.74, 6) is 0.958. The topological polar surface area (TPSA) is 60.5 Å². The number of methoxy groups -OCH3 is 2. The molecule has 0 radical (unpaired) electrons. The molecule has 1 aromatic carbocycles. The van der Waals surface area contributed by atoms with Gasteiger partial charge in [0, 0.05) is 22.2 Å². The molecule has 1 aromatic heterocycles. The Morgan fingerprint density at radius 1 is 1.25 bits per heavy atom. The summed E-state index contributed by atoms with van der Waals surface area (Å²) >= 11 is 1.44. The van der Waals surface area contributed by atoms with Gasteiger partial charge in [-0.25, -0.2) is 4.98 Å². The van der Waals surface area contributed by atoms with Crippen LogP contribution in [0.3, 0.4) is 0 Å². The Balaban J connectivity index is 2.30. The second-order valence-electron chi connectivity index (χ2n) is 4.20. The van der Waals surface area contributed by atoms with Gasteiger partial charge in [0.15, 0.2) is 16.6 Å². The van der Waals surface area contributed by atoms with E-state index >= 15 is 0 Å². The van der Waals surface area contributed by atoms with Gasteiger partial charge in [-0.1, -0.05) is 0 Å². The van der Waals surface area contributed by atoms with Gasteiger partial charge in [0.25, 0.3) is 5.91 Å². The first-order chi connectivity index (χ1) is 9.56. The molecule has 0 bridgehead atoms. The highest BCUT2D eigenvalue weighted by molar-refractivity contribution is 7.15. The quantitative estimate of drug-likeness (QED) is 0.941. The number of hydrogen-bond donors (Lipinski definition) is 1. The van der Waals surface area contributed by atoms with Crippen LogP contribution in [0.15, 0.2) is 18.3 Å². The van der Waals surface area contributed by atoms with Gasteiger partial charge in [-0.05, 0) is 26.0 Å². The van der Waals surface area contributed by atoms with E-state index in [4.69, 9.17) is 9.47 Å². The van der Waals surface area contributed by atoms with Crippen molar-refractivity contribution in [2.75, 3.05) is 19.5 Å². The zero-order valence-electron chi connectivity index (χ0n) is 11.8. The molecule has 0 saturated carbocycles. The molecule has 106 valence electrons. The minimum atomic E-state index is -0.210. The van der Waals surface area contributed by atoms with Gasteiger partial charge in [-0.3, -0.25) is 10.1 Å². The lowest BCUT2D eigenvalue weighted by atomic mass is 10.1. The van der Waals surface area contributed by atoms with E-state index in [0.29, 0.717) is 22.2 Å². The Labute approximate surface area is 121 Å². The fourth-order valence-electron chi connectivity index (χ4n) is 1.90. The van der Waals surface area contributed by atoms with Crippen LogP contribution >= 0.6 is 11.3 Å². The second kappa shape index (κ2) is 5.92. The number of aromatic nitrogens is 1. The third kappa shape index (κ3) is 2.75. The van der Waals surface area contributed by atoms with Crippen LogP contribution in [0.4, 0.5) is 5.13 Å². The Morgan fingerprint density at radius 3 is 2.55 bits per heavy atom. The molecule has 1 amide bonds. The Bertz CT molecular complexity index is 637. The van der Waals surface area contributed by atoms with E-state index in [9.17, 15) is 4.79 Å². The molecule has 0 aliphatic rings. The van der Waals surface area contributed by atoms with Gasteiger partial charge in [0.2, 0.25) is 0 Å². The lowest BCUT2D eigenvalue weighted by molar-refractivity contribution is 0.102. The number of hydrogen-bond acceptors (Lipinski definition) is 5. The zero-order valence-corrected chi connectivity index (χ0v) is 12.6. The van der Waals surface area contributed by atoms with Crippen LogP contribution in [0.25, 0.3) is 0 Å². The molecule has 0 fully saturated rings. The van der Waals surface area contributed by atoms with Gasteiger partial charge < -0.3 is 9.47 Å². The van der Waals surface area contributed by atoms with Crippen molar-refractivity contribution in [2.45, 2.75) is 13.8 Å². The average Bonchev–Trinajstić information content (AvgIpc) is 2.83. The summed E-state index contributed by atoms with van der Waals surface area (Å²) in [7, 11) is 3.12. The fourth-order valence-corrected chi connectivity index (χ4v) is 2.56. The minimum absolute atomic E-state index is 0.210. The predicted octanol–water partition coefficient (Wildman–Crippen LogP) is 3.03. The van der Waals surface area contributed by atoms with Crippen LogP contribution in [0.2, 0.25) is 0 Å². The van der Waals surface area contributed by atoms with Crippen molar-refractivity contribution in [1.29, 1.82) is 0 Å². The molecule has 0 unspecified atom stereocenters. The predicted molar refractivity (Wildman–Crippen MR) is 79.1 cm³/mol. The van der Waals surface area contributed by atoms with E-state index in [2.05, 4.69) is 10.3 Å². The molecule has 6 heteroatoms. The highest BCUT2D eigenvalue weighted by Crippen LogP contribution is 2.33. The van der Waals surface area contributed by atoms with Crippen molar-refractivity contribution < 1.29 is 14.3 Å². The molecule has 0 atom stereocenters. The number of carbonyl (C=O) groups is 1. The van der Waals surface area contributed by atoms with Gasteiger partial charge >= 0.3 is 0 Å². The number of nitrogens with one attached hydrogen (secondary N) is 1. The lowest BCUT2D eigenvalue weighted by Gasteiger charge is -2.13. The van der Waals surface area contributed by atoms with Crippen molar-refractivity contribution in [3.63, 3.8) is 0 Å². The van der Waals surface area contributed by atoms with Crippen molar-refractivity contribution in [1.82, 2.24) is 4.98 Å². The van der Waals surface area contributed by atoms with Crippen LogP contribution in [0.5, 0.6) is 11.5 Å². The number of carbonyl (C=O) groups excluding carboxylic acids is 1. The molecule has 0 aliphatic carbocycles. The second-order valence-corrected chi connectivity index (χ2v) is 5.44. The standard InChI is InChI=1S/C14H16N2O3S/c1-8-7-15-14(20-8)16-13(17)10-5-6-11(18-3)12(19-4)9(10)2/h5-7H,1-4H3,(H,15,16,17). The Hall–Kier alpha value is -2.08. The summed E-state index contributed by atoms with van der Waals surface area (Å²) < 4.78 is 10.5. The van der Waals surface area contributed by atoms with Crippen LogP contribution < -0.4 is 14.8 Å². The molecule has 5 nitrogen and oxygen atoms in total. The first-order valence-corrected chi connectivity index (χ1v) is 6.83. The van der Waals surface area contributed by atoms with Crippen LogP contribution in [-0.2, 0) is 0 Å². The number of benzene rings is 1. The molecule has 0 saturated heterocycles. The molecule has 20 heavy (non-hydrogen) atoms. The first kappa shape index (κ1) is 14.3. The zero-order chi connectivity index (χ0) is 14.7. The van der Waals surface area contributed by atoms with Crippen molar-refractivity contribution >= 4 is 22.4 Å². The smallest absolute Gasteiger partial charge is 0.257 e. The summed E-state index contributed by atoms with van der Waals surface area (Å²) in [5.41, 5.74) is 1.27. The van der Waals surface area contributed by atoms with Crippen molar-refractivity contribution in [2.24, 2.45) is 0 Å². The van der Waals surface area contributed by atoms with E-state index in [0.717, 1.165) is 10.4 Å². The number of ether oxygens (including phenoxy) is 2. The van der Waals surface area contributed by atoms with Gasteiger partial charge in [0.1, 0.15) is 0 Å². The first-order valence-electron chi connectivity index (χ1n) is 6.02. The largest absolute Gasteiger partial charge is 0.493 e. The molecule has 1 N–H and O–H groups in total. The molecule has 2 rings (SSSR count). The Kier molecular flexibility index (Phi) is 4.24. The van der Waals surface area contributed by atoms with E-state index in [-0.39, 0.29) is 5.91 Å². The normalized spacial score (nSPS) is 10.2. The summed E-state index contributed by atoms with van der Waals surface area (Å²) in [5, 5.41) is 3.37. The number of rotatable bonds is 4. The van der Waals surface area contributed by atoms with Crippen molar-refractivity contribution in [3.8, 4) is 11.5 Å². The van der Waals surface area contributed by atoms with E-state index < -0.39 is 0 Å². The maximum absolute atomic E-state index is 12.3. The summed E-state index contributed by atoms with van der Waals surface area (Å²) in [6.45, 7) is 3.76. The number of thiazole rings is 1. The maximum atomic E-state index is 12.3. The number of nitrogens with zero attached hydrogens (tertiary/aromatic N) is 1. The van der Waals surface area contributed by atoms with Crippen molar-refractivity contribution in [3.05, 3.63) is 34.3 Å². The summed E-state index contributed by atoms with van der Waals surface area (Å²) in [4.78, 5) is 17.4. The Morgan fingerprint density at radius 2 is 2.00 bits per heavy atom. The van der Waals surface area contributed by atoms with Gasteiger partial charge in [0.05, 0.1) is 14.2 Å². The van der Waals surface area contributed by atoms with Crippen LogP contribution in [0.1, 0.15) is 20.8 Å². The SMILES string of the molecule is COc1ccc(C(=O)Nc2ncc(C)s2)c(C)c1OC. The van der Waals surface area contributed by atoms with E-state index in [1.807, 2.05) is 13.8 Å². The van der Waals surface area contributed by atoms with Gasteiger partial charge in [-0.15, -0.1) is 11.3 Å². The summed E-state index contributed by atoms with van der Waals surface area (Å²) in [6.07, 6.45) is 1.72. The summed E-state index contributed by atoms with van der Waals surface area (Å²) in [6, 6.07) is 3.43. The fraction of sp³-hybridized carbons (Fsp3) is 0.286. The number of aryl methyl sites for hydroxylation is 1. The van der Waals surface area contributed by atoms with Crippen LogP contribution in [-0.4, -0.2) is 25.1 Å². The molecule has 0 spiro atoms. The maximum Gasteiger partial charge on any atom is 0.257 e. The van der Waals surface area contributed by atoms with E-state index in [1.165, 1.54) is 11.3 Å². The third-order valence-corrected chi connectivity index (χ3v) is 3.71. The average molecular weight is 292 g/mol. The molecule has 1 heterocycles.